The highest BCUT2D eigenvalue weighted by molar-refractivity contribution is 5.71. The highest BCUT2D eigenvalue weighted by Crippen LogP contribution is 2.34. The van der Waals surface area contributed by atoms with E-state index >= 15 is 0 Å². The molecule has 4 heteroatoms. The smallest absolute Gasteiger partial charge is 0.309 e. The Balaban J connectivity index is 2.06. The van der Waals surface area contributed by atoms with Crippen molar-refractivity contribution in [2.45, 2.75) is 37.8 Å². The van der Waals surface area contributed by atoms with Gasteiger partial charge in [0, 0.05) is 6.04 Å². The van der Waals surface area contributed by atoms with Crippen molar-refractivity contribution >= 4 is 5.97 Å². The summed E-state index contributed by atoms with van der Waals surface area (Å²) in [5.74, 6) is -0.945. The average molecular weight is 199 g/mol. The minimum atomic E-state index is -0.858. The highest BCUT2D eigenvalue weighted by Gasteiger charge is 2.42. The van der Waals surface area contributed by atoms with Gasteiger partial charge < -0.3 is 15.5 Å². The van der Waals surface area contributed by atoms with Gasteiger partial charge in [0.1, 0.15) is 0 Å². The van der Waals surface area contributed by atoms with Gasteiger partial charge in [-0.2, -0.15) is 0 Å². The summed E-state index contributed by atoms with van der Waals surface area (Å²) in [5.41, 5.74) is 0. The van der Waals surface area contributed by atoms with Gasteiger partial charge >= 0.3 is 5.97 Å². The first kappa shape index (κ1) is 9.93. The van der Waals surface area contributed by atoms with Gasteiger partial charge in [-0.1, -0.05) is 0 Å². The standard InChI is InChI=1S/C10H17NO3/c12-9-7(10(13)14)4-3-6-2-1-5-11-8(6)9/h6-9,11-12H,1-5H2,(H,13,14). The van der Waals surface area contributed by atoms with E-state index in [2.05, 4.69) is 5.32 Å². The third-order valence-corrected chi connectivity index (χ3v) is 3.59. The van der Waals surface area contributed by atoms with Crippen LogP contribution in [0.3, 0.4) is 0 Å². The molecule has 0 spiro atoms. The second-order valence-electron chi connectivity index (χ2n) is 4.39. The van der Waals surface area contributed by atoms with E-state index in [0.717, 1.165) is 25.8 Å². The number of aliphatic hydroxyl groups is 1. The third kappa shape index (κ3) is 1.64. The first-order chi connectivity index (χ1) is 6.70. The van der Waals surface area contributed by atoms with Gasteiger partial charge in [0.05, 0.1) is 12.0 Å². The van der Waals surface area contributed by atoms with Gasteiger partial charge in [0.25, 0.3) is 0 Å². The number of rotatable bonds is 1. The van der Waals surface area contributed by atoms with E-state index in [0.29, 0.717) is 12.3 Å². The van der Waals surface area contributed by atoms with E-state index in [9.17, 15) is 9.90 Å². The molecule has 4 nitrogen and oxygen atoms in total. The Bertz CT molecular complexity index is 231. The molecule has 0 aromatic heterocycles. The molecule has 14 heavy (non-hydrogen) atoms. The first-order valence-corrected chi connectivity index (χ1v) is 5.34. The Morgan fingerprint density at radius 3 is 2.79 bits per heavy atom. The number of hydrogen-bond donors (Lipinski definition) is 3. The second kappa shape index (κ2) is 3.87. The van der Waals surface area contributed by atoms with Crippen molar-refractivity contribution in [3.8, 4) is 0 Å². The number of carbonyl (C=O) groups is 1. The topological polar surface area (TPSA) is 69.6 Å². The normalized spacial score (nSPS) is 42.9. The van der Waals surface area contributed by atoms with Crippen LogP contribution < -0.4 is 5.32 Å². The zero-order chi connectivity index (χ0) is 10.1. The maximum Gasteiger partial charge on any atom is 0.309 e. The summed E-state index contributed by atoms with van der Waals surface area (Å²) in [7, 11) is 0. The fraction of sp³-hybridized carbons (Fsp3) is 0.900. The van der Waals surface area contributed by atoms with E-state index in [1.807, 2.05) is 0 Å². The van der Waals surface area contributed by atoms with Gasteiger partial charge in [-0.05, 0) is 38.1 Å². The molecule has 0 aromatic rings. The van der Waals surface area contributed by atoms with Crippen molar-refractivity contribution in [2.24, 2.45) is 11.8 Å². The van der Waals surface area contributed by atoms with Crippen molar-refractivity contribution in [2.75, 3.05) is 6.54 Å². The molecule has 80 valence electrons. The molecule has 0 radical (unpaired) electrons. The molecule has 0 amide bonds. The number of fused-ring (bicyclic) bond motifs is 1. The van der Waals surface area contributed by atoms with Gasteiger partial charge in [0.15, 0.2) is 0 Å². The van der Waals surface area contributed by atoms with Crippen LogP contribution >= 0.6 is 0 Å². The third-order valence-electron chi connectivity index (χ3n) is 3.59. The number of piperidine rings is 1. The Kier molecular flexibility index (Phi) is 2.74. The molecule has 1 saturated heterocycles. The van der Waals surface area contributed by atoms with E-state index in [-0.39, 0.29) is 6.04 Å². The molecule has 4 unspecified atom stereocenters. The van der Waals surface area contributed by atoms with Crippen LogP contribution in [0.1, 0.15) is 25.7 Å². The summed E-state index contributed by atoms with van der Waals surface area (Å²) >= 11 is 0. The fourth-order valence-corrected chi connectivity index (χ4v) is 2.79. The van der Waals surface area contributed by atoms with Crippen LogP contribution in [0.4, 0.5) is 0 Å². The molecule has 0 bridgehead atoms. The monoisotopic (exact) mass is 199 g/mol. The lowest BCUT2D eigenvalue weighted by atomic mass is 9.73. The van der Waals surface area contributed by atoms with Crippen molar-refractivity contribution < 1.29 is 15.0 Å². The average Bonchev–Trinajstić information content (AvgIpc) is 2.18. The molecule has 1 saturated carbocycles. The van der Waals surface area contributed by atoms with Crippen molar-refractivity contribution in [1.29, 1.82) is 0 Å². The molecular weight excluding hydrogens is 182 g/mol. The molecular formula is C10H17NO3. The summed E-state index contributed by atoms with van der Waals surface area (Å²) < 4.78 is 0. The Hall–Kier alpha value is -0.610. The number of carboxylic acids is 1. The predicted molar refractivity (Wildman–Crippen MR) is 50.9 cm³/mol. The molecule has 3 N–H and O–H groups in total. The van der Waals surface area contributed by atoms with E-state index in [1.54, 1.807) is 0 Å². The molecule has 1 aliphatic heterocycles. The SMILES string of the molecule is O=C(O)C1CCC2CCCNC2C1O. The quantitative estimate of drug-likeness (QED) is 0.564. The van der Waals surface area contributed by atoms with Crippen LogP contribution in [-0.4, -0.2) is 34.9 Å². The number of nitrogens with one attached hydrogen (secondary N) is 1. The van der Waals surface area contributed by atoms with Crippen molar-refractivity contribution in [3.05, 3.63) is 0 Å². The van der Waals surface area contributed by atoms with Crippen LogP contribution in [0.25, 0.3) is 0 Å². The minimum absolute atomic E-state index is 0.0126. The maximum atomic E-state index is 10.9. The molecule has 2 rings (SSSR count). The van der Waals surface area contributed by atoms with Gasteiger partial charge in [-0.3, -0.25) is 4.79 Å². The van der Waals surface area contributed by atoms with Crippen LogP contribution in [0.2, 0.25) is 0 Å². The van der Waals surface area contributed by atoms with Crippen molar-refractivity contribution in [3.63, 3.8) is 0 Å². The molecule has 2 aliphatic rings. The van der Waals surface area contributed by atoms with E-state index < -0.39 is 18.0 Å². The molecule has 1 aliphatic carbocycles. The lowest BCUT2D eigenvalue weighted by Crippen LogP contribution is -2.55. The lowest BCUT2D eigenvalue weighted by Gasteiger charge is -2.42. The van der Waals surface area contributed by atoms with Crippen molar-refractivity contribution in [1.82, 2.24) is 5.32 Å². The number of hydrogen-bond acceptors (Lipinski definition) is 3. The minimum Gasteiger partial charge on any atom is -0.481 e. The van der Waals surface area contributed by atoms with Gasteiger partial charge in [-0.25, -0.2) is 0 Å². The van der Waals surface area contributed by atoms with Crippen LogP contribution in [0, 0.1) is 11.8 Å². The Labute approximate surface area is 83.3 Å². The summed E-state index contributed by atoms with van der Waals surface area (Å²) in [6.45, 7) is 0.907. The maximum absolute atomic E-state index is 10.9. The first-order valence-electron chi connectivity index (χ1n) is 5.34. The highest BCUT2D eigenvalue weighted by atomic mass is 16.4. The van der Waals surface area contributed by atoms with Gasteiger partial charge in [0.2, 0.25) is 0 Å². The van der Waals surface area contributed by atoms with Crippen LogP contribution in [-0.2, 0) is 4.79 Å². The number of aliphatic carboxylic acids is 1. The van der Waals surface area contributed by atoms with Crippen LogP contribution in [0.5, 0.6) is 0 Å². The summed E-state index contributed by atoms with van der Waals surface area (Å²) in [4.78, 5) is 10.9. The fourth-order valence-electron chi connectivity index (χ4n) is 2.79. The van der Waals surface area contributed by atoms with Crippen LogP contribution in [0.15, 0.2) is 0 Å². The molecule has 4 atom stereocenters. The number of carboxylic acid groups (broad SMARTS) is 1. The number of aliphatic hydroxyl groups excluding tert-OH is 1. The largest absolute Gasteiger partial charge is 0.481 e. The predicted octanol–water partition coefficient (Wildman–Crippen LogP) is 0.210. The Morgan fingerprint density at radius 1 is 1.29 bits per heavy atom. The van der Waals surface area contributed by atoms with Gasteiger partial charge in [-0.15, -0.1) is 0 Å². The molecule has 2 fully saturated rings. The summed E-state index contributed by atoms with van der Waals surface area (Å²) in [5, 5.41) is 22.0. The zero-order valence-corrected chi connectivity index (χ0v) is 8.15. The second-order valence-corrected chi connectivity index (χ2v) is 4.39. The lowest BCUT2D eigenvalue weighted by molar-refractivity contribution is -0.150. The molecule has 0 aromatic carbocycles. The Morgan fingerprint density at radius 2 is 2.07 bits per heavy atom. The van der Waals surface area contributed by atoms with E-state index in [1.165, 1.54) is 0 Å². The van der Waals surface area contributed by atoms with E-state index in [4.69, 9.17) is 5.11 Å². The molecule has 1 heterocycles. The summed E-state index contributed by atoms with van der Waals surface area (Å²) in [6, 6.07) is 0.0126. The summed E-state index contributed by atoms with van der Waals surface area (Å²) in [6.07, 6.45) is 3.13. The zero-order valence-electron chi connectivity index (χ0n) is 8.15.